The summed E-state index contributed by atoms with van der Waals surface area (Å²) in [5.74, 6) is 0.521. The first-order chi connectivity index (χ1) is 13.0. The van der Waals surface area contributed by atoms with Crippen LogP contribution in [0.4, 0.5) is 0 Å². The minimum absolute atomic E-state index is 0.289. The fraction of sp³-hybridized carbons (Fsp3) is 0.364. The third-order valence-corrected chi connectivity index (χ3v) is 3.75. The monoisotopic (exact) mass is 370 g/mol. The van der Waals surface area contributed by atoms with Gasteiger partial charge >= 0.3 is 11.9 Å². The van der Waals surface area contributed by atoms with Gasteiger partial charge in [0.1, 0.15) is 11.5 Å². The average molecular weight is 370 g/mol. The van der Waals surface area contributed by atoms with Crippen LogP contribution in [0.1, 0.15) is 54.3 Å². The van der Waals surface area contributed by atoms with Gasteiger partial charge in [0, 0.05) is 0 Å². The van der Waals surface area contributed by atoms with E-state index in [4.69, 9.17) is 14.2 Å². The molecule has 0 aromatic heterocycles. The Bertz CT molecular complexity index is 767. The number of hydrogen-bond donors (Lipinski definition) is 0. The van der Waals surface area contributed by atoms with Crippen molar-refractivity contribution in [2.75, 3.05) is 13.2 Å². The van der Waals surface area contributed by atoms with Gasteiger partial charge in [0.15, 0.2) is 0 Å². The fourth-order valence-corrected chi connectivity index (χ4v) is 2.26. The number of carbonyl (C=O) groups is 2. The van der Waals surface area contributed by atoms with E-state index in [0.29, 0.717) is 36.0 Å². The van der Waals surface area contributed by atoms with E-state index in [1.165, 1.54) is 6.07 Å². The Balaban J connectivity index is 2.01. The zero-order chi connectivity index (χ0) is 19.6. The quantitative estimate of drug-likeness (QED) is 0.464. The van der Waals surface area contributed by atoms with Crippen LogP contribution >= 0.6 is 0 Å². The second-order valence-electron chi connectivity index (χ2n) is 6.61. The van der Waals surface area contributed by atoms with Crippen LogP contribution in [0, 0.1) is 5.92 Å². The number of hydrogen-bond acceptors (Lipinski definition) is 5. The number of esters is 2. The summed E-state index contributed by atoms with van der Waals surface area (Å²) in [6.07, 6.45) is 1.69. The van der Waals surface area contributed by atoms with Crippen molar-refractivity contribution >= 4 is 11.9 Å². The first-order valence-corrected chi connectivity index (χ1v) is 9.21. The first-order valence-electron chi connectivity index (χ1n) is 9.21. The summed E-state index contributed by atoms with van der Waals surface area (Å²) < 4.78 is 16.2. The van der Waals surface area contributed by atoms with Crippen molar-refractivity contribution in [1.29, 1.82) is 0 Å². The summed E-state index contributed by atoms with van der Waals surface area (Å²) in [5.41, 5.74) is 0.732. The number of benzene rings is 2. The van der Waals surface area contributed by atoms with Crippen molar-refractivity contribution in [3.05, 3.63) is 59.7 Å². The summed E-state index contributed by atoms with van der Waals surface area (Å²) in [4.78, 5) is 24.3. The Morgan fingerprint density at radius 2 is 1.52 bits per heavy atom. The molecule has 0 aliphatic rings. The molecule has 0 N–H and O–H groups in total. The Kier molecular flexibility index (Phi) is 7.86. The lowest BCUT2D eigenvalue weighted by Gasteiger charge is -2.10. The van der Waals surface area contributed by atoms with E-state index in [9.17, 15) is 9.59 Å². The summed E-state index contributed by atoms with van der Waals surface area (Å²) >= 11 is 0. The molecular weight excluding hydrogens is 344 g/mol. The second-order valence-corrected chi connectivity index (χ2v) is 6.61. The van der Waals surface area contributed by atoms with E-state index in [-0.39, 0.29) is 5.75 Å². The number of carbonyl (C=O) groups excluding carboxylic acids is 2. The van der Waals surface area contributed by atoms with Gasteiger partial charge in [-0.2, -0.15) is 0 Å². The van der Waals surface area contributed by atoms with Crippen LogP contribution in [0.5, 0.6) is 11.5 Å². The maximum atomic E-state index is 12.4. The first kappa shape index (κ1) is 20.5. The van der Waals surface area contributed by atoms with Crippen molar-refractivity contribution in [1.82, 2.24) is 0 Å². The summed E-state index contributed by atoms with van der Waals surface area (Å²) in [6, 6.07) is 13.3. The molecule has 0 spiro atoms. The predicted molar refractivity (Wildman–Crippen MR) is 103 cm³/mol. The molecule has 0 atom stereocenters. The lowest BCUT2D eigenvalue weighted by Crippen LogP contribution is -2.10. The highest BCUT2D eigenvalue weighted by atomic mass is 16.5. The topological polar surface area (TPSA) is 61.8 Å². The van der Waals surface area contributed by atoms with Gasteiger partial charge in [0.05, 0.1) is 24.3 Å². The molecule has 0 saturated heterocycles. The molecule has 0 unspecified atom stereocenters. The highest BCUT2D eigenvalue weighted by Crippen LogP contribution is 2.19. The highest BCUT2D eigenvalue weighted by Gasteiger charge is 2.13. The lowest BCUT2D eigenvalue weighted by atomic mass is 10.1. The third kappa shape index (κ3) is 6.77. The predicted octanol–water partition coefficient (Wildman–Crippen LogP) is 4.90. The standard InChI is InChI=1S/C22H26O5/c1-4-12-26-21(23)17-7-6-10-20(15-17)27-22(24)18-8-5-9-19(14-18)25-13-11-16(2)3/h5-10,14-16H,4,11-13H2,1-3H3. The molecule has 0 radical (unpaired) electrons. The number of rotatable bonds is 9. The highest BCUT2D eigenvalue weighted by molar-refractivity contribution is 5.93. The van der Waals surface area contributed by atoms with Crippen molar-refractivity contribution in [2.24, 2.45) is 5.92 Å². The fourth-order valence-electron chi connectivity index (χ4n) is 2.26. The van der Waals surface area contributed by atoms with E-state index in [1.807, 2.05) is 13.0 Å². The van der Waals surface area contributed by atoms with Crippen molar-refractivity contribution < 1.29 is 23.8 Å². The molecule has 0 heterocycles. The zero-order valence-electron chi connectivity index (χ0n) is 16.1. The SMILES string of the molecule is CCCOC(=O)c1cccc(OC(=O)c2cccc(OCCC(C)C)c2)c1. The third-order valence-electron chi connectivity index (χ3n) is 3.75. The van der Waals surface area contributed by atoms with E-state index < -0.39 is 11.9 Å². The largest absolute Gasteiger partial charge is 0.494 e. The molecule has 2 aromatic rings. The van der Waals surface area contributed by atoms with Crippen LogP contribution in [0.3, 0.4) is 0 Å². The van der Waals surface area contributed by atoms with Gasteiger partial charge in [0.25, 0.3) is 0 Å². The van der Waals surface area contributed by atoms with Crippen LogP contribution < -0.4 is 9.47 Å². The van der Waals surface area contributed by atoms with Gasteiger partial charge < -0.3 is 14.2 Å². The molecule has 144 valence electrons. The summed E-state index contributed by atoms with van der Waals surface area (Å²) in [5, 5.41) is 0. The molecule has 2 aromatic carbocycles. The van der Waals surface area contributed by atoms with Crippen LogP contribution in [-0.2, 0) is 4.74 Å². The van der Waals surface area contributed by atoms with Gasteiger partial charge in [0.2, 0.25) is 0 Å². The zero-order valence-corrected chi connectivity index (χ0v) is 16.1. The van der Waals surface area contributed by atoms with Crippen LogP contribution in [0.2, 0.25) is 0 Å². The molecular formula is C22H26O5. The molecule has 27 heavy (non-hydrogen) atoms. The van der Waals surface area contributed by atoms with Gasteiger partial charge in [-0.05, 0) is 55.2 Å². The lowest BCUT2D eigenvalue weighted by molar-refractivity contribution is 0.0503. The molecule has 0 aliphatic heterocycles. The second kappa shape index (κ2) is 10.4. The van der Waals surface area contributed by atoms with E-state index in [0.717, 1.165) is 12.8 Å². The van der Waals surface area contributed by atoms with Crippen molar-refractivity contribution in [3.63, 3.8) is 0 Å². The molecule has 0 bridgehead atoms. The minimum Gasteiger partial charge on any atom is -0.494 e. The molecule has 0 saturated carbocycles. The van der Waals surface area contributed by atoms with E-state index in [2.05, 4.69) is 13.8 Å². The Hall–Kier alpha value is -2.82. The average Bonchev–Trinajstić information content (AvgIpc) is 2.66. The molecule has 5 heteroatoms. The molecule has 0 aliphatic carbocycles. The van der Waals surface area contributed by atoms with Crippen LogP contribution in [-0.4, -0.2) is 25.2 Å². The molecule has 0 fully saturated rings. The van der Waals surface area contributed by atoms with Crippen molar-refractivity contribution in [2.45, 2.75) is 33.6 Å². The van der Waals surface area contributed by atoms with Crippen LogP contribution in [0.15, 0.2) is 48.5 Å². The Labute approximate surface area is 160 Å². The van der Waals surface area contributed by atoms with Gasteiger partial charge in [-0.1, -0.05) is 32.9 Å². The maximum Gasteiger partial charge on any atom is 0.343 e. The summed E-state index contributed by atoms with van der Waals surface area (Å²) in [7, 11) is 0. The smallest absolute Gasteiger partial charge is 0.343 e. The molecule has 2 rings (SSSR count). The Morgan fingerprint density at radius 1 is 0.889 bits per heavy atom. The van der Waals surface area contributed by atoms with Gasteiger partial charge in [-0.15, -0.1) is 0 Å². The van der Waals surface area contributed by atoms with Gasteiger partial charge in [-0.25, -0.2) is 9.59 Å². The van der Waals surface area contributed by atoms with E-state index >= 15 is 0 Å². The molecule has 0 amide bonds. The van der Waals surface area contributed by atoms with Gasteiger partial charge in [-0.3, -0.25) is 0 Å². The van der Waals surface area contributed by atoms with Crippen LogP contribution in [0.25, 0.3) is 0 Å². The number of ether oxygens (including phenoxy) is 3. The van der Waals surface area contributed by atoms with Crippen molar-refractivity contribution in [3.8, 4) is 11.5 Å². The Morgan fingerprint density at radius 3 is 2.19 bits per heavy atom. The normalized spacial score (nSPS) is 10.5. The maximum absolute atomic E-state index is 12.4. The van der Waals surface area contributed by atoms with E-state index in [1.54, 1.807) is 36.4 Å². The minimum atomic E-state index is -0.511. The molecule has 5 nitrogen and oxygen atoms in total. The summed E-state index contributed by atoms with van der Waals surface area (Å²) in [6.45, 7) is 7.13.